The Hall–Kier alpha value is -4.10. The van der Waals surface area contributed by atoms with E-state index in [0.29, 0.717) is 31.0 Å². The van der Waals surface area contributed by atoms with Crippen LogP contribution in [0.15, 0.2) is 83.7 Å². The monoisotopic (exact) mass is 478 g/mol. The molecule has 182 valence electrons. The van der Waals surface area contributed by atoms with E-state index in [1.165, 1.54) is 0 Å². The average molecular weight is 479 g/mol. The Bertz CT molecular complexity index is 1520. The zero-order chi connectivity index (χ0) is 25.1. The van der Waals surface area contributed by atoms with Crippen molar-refractivity contribution in [3.8, 4) is 0 Å². The number of aryl methyl sites for hydroxylation is 2. The van der Waals surface area contributed by atoms with E-state index in [0.717, 1.165) is 33.2 Å². The smallest absolute Gasteiger partial charge is 0.253 e. The van der Waals surface area contributed by atoms with Crippen LogP contribution in [0.4, 0.5) is 0 Å². The van der Waals surface area contributed by atoms with Crippen LogP contribution in [0.2, 0.25) is 0 Å². The van der Waals surface area contributed by atoms with Gasteiger partial charge in [0, 0.05) is 12.1 Å². The van der Waals surface area contributed by atoms with Crippen LogP contribution in [-0.2, 0) is 13.1 Å². The molecule has 5 rings (SSSR count). The number of fused-ring (bicyclic) bond motifs is 1. The molecule has 0 unspecified atom stereocenters. The number of rotatable bonds is 8. The van der Waals surface area contributed by atoms with Gasteiger partial charge in [-0.05, 0) is 65.0 Å². The van der Waals surface area contributed by atoms with E-state index in [1.807, 2.05) is 49.4 Å². The molecular weight excluding hydrogens is 448 g/mol. The molecule has 2 aromatic heterocycles. The van der Waals surface area contributed by atoms with E-state index in [9.17, 15) is 4.79 Å². The molecule has 0 saturated heterocycles. The van der Waals surface area contributed by atoms with Gasteiger partial charge in [-0.1, -0.05) is 79.2 Å². The van der Waals surface area contributed by atoms with Crippen molar-refractivity contribution in [2.45, 2.75) is 39.9 Å². The summed E-state index contributed by atoms with van der Waals surface area (Å²) in [6.07, 6.45) is 0. The van der Waals surface area contributed by atoms with Crippen molar-refractivity contribution in [2.24, 2.45) is 0 Å². The van der Waals surface area contributed by atoms with Crippen LogP contribution >= 0.6 is 0 Å². The fraction of sp³-hybridized carbons (Fsp3) is 0.241. The molecule has 1 N–H and O–H groups in total. The first-order valence-electron chi connectivity index (χ1n) is 12.3. The Morgan fingerprint density at radius 1 is 0.944 bits per heavy atom. The molecule has 7 nitrogen and oxygen atoms in total. The van der Waals surface area contributed by atoms with Gasteiger partial charge in [0.05, 0.1) is 12.1 Å². The molecule has 0 amide bonds. The van der Waals surface area contributed by atoms with Gasteiger partial charge in [0.25, 0.3) is 5.56 Å². The molecule has 1 atom stereocenters. The largest absolute Gasteiger partial charge is 0.321 e. The van der Waals surface area contributed by atoms with Gasteiger partial charge in [0.15, 0.2) is 5.82 Å². The van der Waals surface area contributed by atoms with Crippen molar-refractivity contribution in [1.29, 1.82) is 0 Å². The highest BCUT2D eigenvalue weighted by Gasteiger charge is 2.30. The molecule has 0 saturated carbocycles. The van der Waals surface area contributed by atoms with Gasteiger partial charge in [-0.25, -0.2) is 4.68 Å². The van der Waals surface area contributed by atoms with Crippen molar-refractivity contribution < 1.29 is 0 Å². The molecule has 0 aliphatic rings. The lowest BCUT2D eigenvalue weighted by Crippen LogP contribution is -2.35. The zero-order valence-electron chi connectivity index (χ0n) is 20.8. The van der Waals surface area contributed by atoms with Crippen LogP contribution in [0.3, 0.4) is 0 Å². The Kier molecular flexibility index (Phi) is 6.73. The van der Waals surface area contributed by atoms with Crippen molar-refractivity contribution in [3.05, 3.63) is 123 Å². The summed E-state index contributed by atoms with van der Waals surface area (Å²) in [7, 11) is 0. The molecule has 0 aliphatic heterocycles. The molecule has 2 heterocycles. The lowest BCUT2D eigenvalue weighted by molar-refractivity contribution is 0.214. The topological polar surface area (TPSA) is 79.7 Å². The van der Waals surface area contributed by atoms with Crippen molar-refractivity contribution >= 4 is 10.9 Å². The number of hydrogen-bond donors (Lipinski definition) is 1. The van der Waals surface area contributed by atoms with Gasteiger partial charge < -0.3 is 4.98 Å². The van der Waals surface area contributed by atoms with E-state index in [2.05, 4.69) is 75.7 Å². The normalized spacial score (nSPS) is 12.3. The maximum absolute atomic E-state index is 13.6. The molecule has 36 heavy (non-hydrogen) atoms. The first-order chi connectivity index (χ1) is 17.5. The molecule has 0 spiro atoms. The predicted octanol–water partition coefficient (Wildman–Crippen LogP) is 4.79. The van der Waals surface area contributed by atoms with Gasteiger partial charge in [-0.2, -0.15) is 0 Å². The number of hydrogen-bond acceptors (Lipinski definition) is 5. The molecule has 0 radical (unpaired) electrons. The van der Waals surface area contributed by atoms with Crippen molar-refractivity contribution in [1.82, 2.24) is 30.1 Å². The fourth-order valence-corrected chi connectivity index (χ4v) is 4.89. The number of H-pyrrole nitrogens is 1. The van der Waals surface area contributed by atoms with Crippen LogP contribution < -0.4 is 5.56 Å². The van der Waals surface area contributed by atoms with Gasteiger partial charge in [-0.15, -0.1) is 5.10 Å². The lowest BCUT2D eigenvalue weighted by Gasteiger charge is -2.30. The number of tetrazole rings is 1. The third-order valence-corrected chi connectivity index (χ3v) is 6.60. The molecule has 0 fully saturated rings. The van der Waals surface area contributed by atoms with Crippen molar-refractivity contribution in [2.75, 3.05) is 6.54 Å². The number of benzene rings is 3. The van der Waals surface area contributed by atoms with Gasteiger partial charge in [0.2, 0.25) is 0 Å². The van der Waals surface area contributed by atoms with Crippen LogP contribution in [0.25, 0.3) is 10.9 Å². The number of pyridine rings is 1. The van der Waals surface area contributed by atoms with Crippen LogP contribution in [0, 0.1) is 13.8 Å². The number of nitrogens with zero attached hydrogens (tertiary/aromatic N) is 5. The standard InChI is InChI=1S/C29H30N6O/c1-4-34(18-22-11-7-5-8-12-22)27(28-31-32-33-35(28)19-23-13-9-6-10-14-23)25-17-24-16-20(2)15-21(3)26(24)30-29(25)36/h5-17,27H,4,18-19H2,1-3H3,(H,30,36)/t27-/m1/s1. The SMILES string of the molecule is CCN(Cc1ccccc1)[C@H](c1cc2cc(C)cc(C)c2[nH]c1=O)c1nnnn1Cc1ccccc1. The summed E-state index contributed by atoms with van der Waals surface area (Å²) in [5.41, 5.74) is 5.83. The highest BCUT2D eigenvalue weighted by Crippen LogP contribution is 2.29. The number of aromatic amines is 1. The van der Waals surface area contributed by atoms with E-state index < -0.39 is 6.04 Å². The predicted molar refractivity (Wildman–Crippen MR) is 142 cm³/mol. The minimum absolute atomic E-state index is 0.125. The van der Waals surface area contributed by atoms with Gasteiger partial charge >= 0.3 is 0 Å². The zero-order valence-corrected chi connectivity index (χ0v) is 20.8. The molecule has 0 bridgehead atoms. The highest BCUT2D eigenvalue weighted by atomic mass is 16.1. The first kappa shape index (κ1) is 23.6. The minimum atomic E-state index is -0.428. The summed E-state index contributed by atoms with van der Waals surface area (Å²) in [5.74, 6) is 0.644. The summed E-state index contributed by atoms with van der Waals surface area (Å²) in [5, 5.41) is 13.8. The second kappa shape index (κ2) is 10.3. The van der Waals surface area contributed by atoms with Crippen LogP contribution in [0.5, 0.6) is 0 Å². The van der Waals surface area contributed by atoms with E-state index in [4.69, 9.17) is 0 Å². The summed E-state index contributed by atoms with van der Waals surface area (Å²) >= 11 is 0. The van der Waals surface area contributed by atoms with Gasteiger partial charge in [-0.3, -0.25) is 9.69 Å². The number of aromatic nitrogens is 5. The summed E-state index contributed by atoms with van der Waals surface area (Å²) in [6.45, 7) is 8.09. The maximum atomic E-state index is 13.6. The molecular formula is C29H30N6O. The lowest BCUT2D eigenvalue weighted by atomic mass is 10.00. The Morgan fingerprint density at radius 2 is 1.64 bits per heavy atom. The van der Waals surface area contributed by atoms with Crippen LogP contribution in [0.1, 0.15) is 46.6 Å². The van der Waals surface area contributed by atoms with Gasteiger partial charge in [0.1, 0.15) is 6.04 Å². The van der Waals surface area contributed by atoms with Crippen molar-refractivity contribution in [3.63, 3.8) is 0 Å². The Labute approximate surface area is 210 Å². The molecule has 0 aliphatic carbocycles. The summed E-state index contributed by atoms with van der Waals surface area (Å²) in [4.78, 5) is 19.0. The van der Waals surface area contributed by atoms with E-state index in [-0.39, 0.29) is 5.56 Å². The fourth-order valence-electron chi connectivity index (χ4n) is 4.89. The average Bonchev–Trinajstić information content (AvgIpc) is 3.33. The summed E-state index contributed by atoms with van der Waals surface area (Å²) in [6, 6.07) is 26.2. The van der Waals surface area contributed by atoms with E-state index >= 15 is 0 Å². The Balaban J connectivity index is 1.66. The third-order valence-electron chi connectivity index (χ3n) is 6.60. The number of nitrogens with one attached hydrogen (secondary N) is 1. The quantitative estimate of drug-likeness (QED) is 0.347. The summed E-state index contributed by atoms with van der Waals surface area (Å²) < 4.78 is 1.80. The second-order valence-electron chi connectivity index (χ2n) is 9.23. The molecule has 3 aromatic carbocycles. The minimum Gasteiger partial charge on any atom is -0.321 e. The maximum Gasteiger partial charge on any atom is 0.253 e. The highest BCUT2D eigenvalue weighted by molar-refractivity contribution is 5.83. The molecule has 7 heteroatoms. The van der Waals surface area contributed by atoms with E-state index in [1.54, 1.807) is 4.68 Å². The first-order valence-corrected chi connectivity index (χ1v) is 12.3. The van der Waals surface area contributed by atoms with Crippen LogP contribution in [-0.4, -0.2) is 36.6 Å². The second-order valence-corrected chi connectivity index (χ2v) is 9.23. The Morgan fingerprint density at radius 3 is 2.33 bits per heavy atom. The third kappa shape index (κ3) is 4.83. The molecule has 5 aromatic rings.